The van der Waals surface area contributed by atoms with E-state index in [1.54, 1.807) is 30.2 Å². The number of fused-ring (bicyclic) bond motifs is 2. The van der Waals surface area contributed by atoms with Gasteiger partial charge in [0.05, 0.1) is 34.2 Å². The molecule has 0 atom stereocenters. The average Bonchev–Trinajstić information content (AvgIpc) is 3.20. The molecule has 0 unspecified atom stereocenters. The third-order valence-corrected chi connectivity index (χ3v) is 6.95. The van der Waals surface area contributed by atoms with E-state index in [9.17, 15) is 4.79 Å². The molecular formula is C22H18N6O2S2. The first-order valence-electron chi connectivity index (χ1n) is 9.75. The highest BCUT2D eigenvalue weighted by molar-refractivity contribution is 8.00. The first-order chi connectivity index (χ1) is 15.6. The summed E-state index contributed by atoms with van der Waals surface area (Å²) in [5.74, 6) is 1.92. The average molecular weight is 463 g/mol. The van der Waals surface area contributed by atoms with Crippen LogP contribution in [-0.4, -0.2) is 32.0 Å². The molecule has 32 heavy (non-hydrogen) atoms. The number of aromatic nitrogens is 5. The number of H-pyrrole nitrogens is 1. The Balaban J connectivity index is 1.37. The van der Waals surface area contributed by atoms with Crippen LogP contribution in [0.4, 0.5) is 11.9 Å². The lowest BCUT2D eigenvalue weighted by molar-refractivity contribution is 0.415. The van der Waals surface area contributed by atoms with Gasteiger partial charge in [0.25, 0.3) is 5.56 Å². The van der Waals surface area contributed by atoms with Crippen molar-refractivity contribution >= 4 is 56.1 Å². The minimum absolute atomic E-state index is 0.246. The minimum atomic E-state index is -0.246. The van der Waals surface area contributed by atoms with Gasteiger partial charge in [-0.3, -0.25) is 15.1 Å². The number of benzene rings is 2. The number of aromatic amines is 1. The first kappa shape index (κ1) is 20.4. The third kappa shape index (κ3) is 4.27. The van der Waals surface area contributed by atoms with Crippen molar-refractivity contribution in [1.82, 2.24) is 24.9 Å². The van der Waals surface area contributed by atoms with Gasteiger partial charge < -0.3 is 4.74 Å². The number of thiazole rings is 1. The van der Waals surface area contributed by atoms with E-state index in [1.165, 1.54) is 6.07 Å². The highest BCUT2D eigenvalue weighted by Gasteiger charge is 2.10. The molecule has 0 aliphatic carbocycles. The molecule has 5 rings (SSSR count). The number of ether oxygens (including phenoxy) is 1. The SMILES string of the molecule is COc1ccc2nc(Nc3nc(CSc4nc5ccccc5s4)cc(=O)[nH]3)nc(C)c2c1. The number of nitrogens with zero attached hydrogens (tertiary/aromatic N) is 4. The second-order valence-corrected chi connectivity index (χ2v) is 9.22. The second-order valence-electron chi connectivity index (χ2n) is 6.96. The predicted octanol–water partition coefficient (Wildman–Crippen LogP) is 4.68. The Morgan fingerprint density at radius 2 is 1.94 bits per heavy atom. The Morgan fingerprint density at radius 3 is 2.78 bits per heavy atom. The van der Waals surface area contributed by atoms with Crippen LogP contribution in [0, 0.1) is 6.92 Å². The molecule has 0 fully saturated rings. The number of hydrogen-bond acceptors (Lipinski definition) is 9. The molecule has 2 N–H and O–H groups in total. The van der Waals surface area contributed by atoms with Crippen LogP contribution in [0.2, 0.25) is 0 Å². The maximum absolute atomic E-state index is 12.2. The molecule has 2 aromatic carbocycles. The van der Waals surface area contributed by atoms with E-state index < -0.39 is 0 Å². The molecule has 0 radical (unpaired) electrons. The lowest BCUT2D eigenvalue weighted by Crippen LogP contribution is -2.13. The number of nitrogens with one attached hydrogen (secondary N) is 2. The van der Waals surface area contributed by atoms with Gasteiger partial charge in [0.1, 0.15) is 5.75 Å². The lowest BCUT2D eigenvalue weighted by Gasteiger charge is -2.09. The van der Waals surface area contributed by atoms with Gasteiger partial charge in [0.15, 0.2) is 4.34 Å². The topological polar surface area (TPSA) is 106 Å². The Morgan fingerprint density at radius 1 is 1.06 bits per heavy atom. The van der Waals surface area contributed by atoms with Crippen LogP contribution in [0.3, 0.4) is 0 Å². The van der Waals surface area contributed by atoms with Gasteiger partial charge >= 0.3 is 0 Å². The van der Waals surface area contributed by atoms with Crippen molar-refractivity contribution in [1.29, 1.82) is 0 Å². The smallest absolute Gasteiger partial charge is 0.252 e. The zero-order valence-electron chi connectivity index (χ0n) is 17.2. The molecule has 3 aromatic heterocycles. The normalized spacial score (nSPS) is 11.2. The van der Waals surface area contributed by atoms with Crippen molar-refractivity contribution in [3.05, 3.63) is 70.3 Å². The van der Waals surface area contributed by atoms with Crippen LogP contribution < -0.4 is 15.6 Å². The van der Waals surface area contributed by atoms with Crippen LogP contribution in [0.15, 0.2) is 57.7 Å². The fourth-order valence-electron chi connectivity index (χ4n) is 3.24. The molecule has 0 saturated heterocycles. The van der Waals surface area contributed by atoms with Crippen LogP contribution in [-0.2, 0) is 5.75 Å². The Bertz CT molecular complexity index is 1460. The van der Waals surface area contributed by atoms with Gasteiger partial charge in [-0.05, 0) is 37.3 Å². The maximum Gasteiger partial charge on any atom is 0.252 e. The number of anilines is 2. The van der Waals surface area contributed by atoms with Crippen LogP contribution in [0.5, 0.6) is 5.75 Å². The summed E-state index contributed by atoms with van der Waals surface area (Å²) in [5.41, 5.74) is 2.93. The summed E-state index contributed by atoms with van der Waals surface area (Å²) in [4.78, 5) is 33.1. The first-order valence-corrected chi connectivity index (χ1v) is 11.6. The summed E-state index contributed by atoms with van der Waals surface area (Å²) in [7, 11) is 1.62. The molecule has 3 heterocycles. The summed E-state index contributed by atoms with van der Waals surface area (Å²) in [6.07, 6.45) is 0. The van der Waals surface area contributed by atoms with E-state index in [0.29, 0.717) is 23.3 Å². The number of hydrogen-bond donors (Lipinski definition) is 2. The summed E-state index contributed by atoms with van der Waals surface area (Å²) < 4.78 is 7.35. The quantitative estimate of drug-likeness (QED) is 0.351. The predicted molar refractivity (Wildman–Crippen MR) is 128 cm³/mol. The molecule has 0 saturated carbocycles. The molecule has 0 amide bonds. The number of aryl methyl sites for hydroxylation is 1. The van der Waals surface area contributed by atoms with Crippen molar-refractivity contribution in [3.8, 4) is 5.75 Å². The molecular weight excluding hydrogens is 444 g/mol. The number of rotatable bonds is 6. The van der Waals surface area contributed by atoms with E-state index in [4.69, 9.17) is 4.74 Å². The number of thioether (sulfide) groups is 1. The molecule has 160 valence electrons. The summed E-state index contributed by atoms with van der Waals surface area (Å²) in [6.45, 7) is 1.90. The molecule has 0 aliphatic rings. The zero-order chi connectivity index (χ0) is 22.1. The Labute approximate surface area is 191 Å². The van der Waals surface area contributed by atoms with E-state index in [2.05, 4.69) is 30.2 Å². The molecule has 5 aromatic rings. The van der Waals surface area contributed by atoms with Gasteiger partial charge in [0.2, 0.25) is 11.9 Å². The molecule has 10 heteroatoms. The van der Waals surface area contributed by atoms with E-state index in [0.717, 1.165) is 36.9 Å². The molecule has 8 nitrogen and oxygen atoms in total. The summed E-state index contributed by atoms with van der Waals surface area (Å²) in [6, 6.07) is 15.1. The van der Waals surface area contributed by atoms with Crippen LogP contribution in [0.25, 0.3) is 21.1 Å². The third-order valence-electron chi connectivity index (χ3n) is 4.74. The van der Waals surface area contributed by atoms with E-state index in [-0.39, 0.29) is 5.56 Å². The van der Waals surface area contributed by atoms with Crippen molar-refractivity contribution in [2.24, 2.45) is 0 Å². The van der Waals surface area contributed by atoms with Gasteiger partial charge in [-0.15, -0.1) is 11.3 Å². The fraction of sp³-hybridized carbons (Fsp3) is 0.136. The highest BCUT2D eigenvalue weighted by atomic mass is 32.2. The number of methoxy groups -OCH3 is 1. The van der Waals surface area contributed by atoms with Crippen molar-refractivity contribution in [3.63, 3.8) is 0 Å². The lowest BCUT2D eigenvalue weighted by atomic mass is 10.2. The minimum Gasteiger partial charge on any atom is -0.497 e. The fourth-order valence-corrected chi connectivity index (χ4v) is 5.20. The molecule has 0 aliphatic heterocycles. The molecule has 0 spiro atoms. The maximum atomic E-state index is 12.2. The standard InChI is InChI=1S/C22H18N6O2S2/c1-12-15-10-14(30-2)7-8-16(15)25-20(23-12)28-21-24-13(9-19(29)27-21)11-31-22-26-17-5-3-4-6-18(17)32-22/h3-10H,11H2,1-2H3,(H2,23,24,25,27,28,29). The number of para-hydroxylation sites is 1. The van der Waals surface area contributed by atoms with Gasteiger partial charge in [-0.2, -0.15) is 0 Å². The largest absolute Gasteiger partial charge is 0.497 e. The van der Waals surface area contributed by atoms with Gasteiger partial charge in [0, 0.05) is 17.2 Å². The summed E-state index contributed by atoms with van der Waals surface area (Å²) >= 11 is 3.18. The monoisotopic (exact) mass is 462 g/mol. The molecule has 0 bridgehead atoms. The van der Waals surface area contributed by atoms with Crippen LogP contribution >= 0.6 is 23.1 Å². The Kier molecular flexibility index (Phi) is 5.46. The Hall–Kier alpha value is -3.50. The van der Waals surface area contributed by atoms with Crippen molar-refractivity contribution < 1.29 is 4.74 Å². The van der Waals surface area contributed by atoms with Crippen molar-refractivity contribution in [2.45, 2.75) is 17.0 Å². The van der Waals surface area contributed by atoms with Gasteiger partial charge in [-0.1, -0.05) is 23.9 Å². The summed E-state index contributed by atoms with van der Waals surface area (Å²) in [5, 5.41) is 3.92. The zero-order valence-corrected chi connectivity index (χ0v) is 18.9. The van der Waals surface area contributed by atoms with E-state index >= 15 is 0 Å². The van der Waals surface area contributed by atoms with E-state index in [1.807, 2.05) is 49.4 Å². The van der Waals surface area contributed by atoms with Crippen molar-refractivity contribution in [2.75, 3.05) is 12.4 Å². The second kappa shape index (κ2) is 8.56. The van der Waals surface area contributed by atoms with Crippen LogP contribution in [0.1, 0.15) is 11.4 Å². The highest BCUT2D eigenvalue weighted by Crippen LogP contribution is 2.31. The van der Waals surface area contributed by atoms with Gasteiger partial charge in [-0.25, -0.2) is 19.9 Å².